The van der Waals surface area contributed by atoms with Crippen LogP contribution in [0.1, 0.15) is 31.2 Å². The van der Waals surface area contributed by atoms with Crippen LogP contribution in [-0.2, 0) is 15.7 Å². The van der Waals surface area contributed by atoms with Crippen molar-refractivity contribution in [1.82, 2.24) is 15.0 Å². The van der Waals surface area contributed by atoms with Crippen LogP contribution < -0.4 is 20.3 Å². The number of carbonyl (C=O) groups excluding carboxylic acids is 1. The fourth-order valence-corrected chi connectivity index (χ4v) is 3.86. The number of nitrogens with zero attached hydrogens (tertiary/aromatic N) is 4. The monoisotopic (exact) mass is 466 g/mol. The van der Waals surface area contributed by atoms with Crippen molar-refractivity contribution in [3.63, 3.8) is 0 Å². The number of rotatable bonds is 6. The Kier molecular flexibility index (Phi) is 5.81. The molecule has 4 rings (SSSR count). The summed E-state index contributed by atoms with van der Waals surface area (Å²) in [4.78, 5) is 26.9. The van der Waals surface area contributed by atoms with Gasteiger partial charge in [-0.2, -0.15) is 18.2 Å². The van der Waals surface area contributed by atoms with Crippen molar-refractivity contribution < 1.29 is 27.4 Å². The third-order valence-corrected chi connectivity index (χ3v) is 6.04. The van der Waals surface area contributed by atoms with E-state index in [4.69, 9.17) is 9.47 Å². The lowest BCUT2D eigenvalue weighted by molar-refractivity contribution is -0.141. The van der Waals surface area contributed by atoms with Gasteiger partial charge in [-0.25, -0.2) is 9.97 Å². The Morgan fingerprint density at radius 2 is 2.03 bits per heavy atom. The molecular formula is C21H25F3N6O3. The highest BCUT2D eigenvalue weighted by Gasteiger charge is 2.44. The van der Waals surface area contributed by atoms with Crippen LogP contribution in [0.15, 0.2) is 18.3 Å². The van der Waals surface area contributed by atoms with E-state index in [-0.39, 0.29) is 24.7 Å². The van der Waals surface area contributed by atoms with Crippen LogP contribution >= 0.6 is 0 Å². The van der Waals surface area contributed by atoms with E-state index in [2.05, 4.69) is 25.6 Å². The van der Waals surface area contributed by atoms with E-state index >= 15 is 0 Å². The number of aryl methyl sites for hydroxylation is 1. The fourth-order valence-electron chi connectivity index (χ4n) is 3.86. The van der Waals surface area contributed by atoms with Gasteiger partial charge in [0.25, 0.3) is 5.91 Å². The Morgan fingerprint density at radius 1 is 1.30 bits per heavy atom. The van der Waals surface area contributed by atoms with Crippen LogP contribution in [0, 0.1) is 6.92 Å². The molecule has 3 heterocycles. The highest BCUT2D eigenvalue weighted by Crippen LogP contribution is 2.37. The lowest BCUT2D eigenvalue weighted by atomic mass is 9.89. The minimum Gasteiger partial charge on any atom is -0.489 e. The number of amides is 1. The van der Waals surface area contributed by atoms with Gasteiger partial charge in [0.15, 0.2) is 5.82 Å². The molecule has 1 saturated carbocycles. The first-order valence-electron chi connectivity index (χ1n) is 10.4. The summed E-state index contributed by atoms with van der Waals surface area (Å²) in [6, 6.07) is 2.22. The Balaban J connectivity index is 1.39. The molecule has 1 unspecified atom stereocenters. The zero-order chi connectivity index (χ0) is 24.0. The summed E-state index contributed by atoms with van der Waals surface area (Å²) in [6.07, 6.45) is -2.27. The molecule has 1 atom stereocenters. The number of halogens is 3. The van der Waals surface area contributed by atoms with Gasteiger partial charge in [-0.05, 0) is 26.0 Å². The van der Waals surface area contributed by atoms with Crippen molar-refractivity contribution in [3.05, 3.63) is 29.7 Å². The quantitative estimate of drug-likeness (QED) is 0.670. The Hall–Kier alpha value is -3.15. The van der Waals surface area contributed by atoms with Crippen LogP contribution in [0.25, 0.3) is 0 Å². The summed E-state index contributed by atoms with van der Waals surface area (Å²) in [7, 11) is 3.33. The van der Waals surface area contributed by atoms with E-state index < -0.39 is 17.4 Å². The molecule has 0 aromatic carbocycles. The third-order valence-electron chi connectivity index (χ3n) is 6.04. The van der Waals surface area contributed by atoms with Gasteiger partial charge in [0.05, 0.1) is 18.5 Å². The lowest BCUT2D eigenvalue weighted by Crippen LogP contribution is -2.59. The summed E-state index contributed by atoms with van der Waals surface area (Å²) in [5.74, 6) is 1.12. The number of hydrogen-bond donors (Lipinski definition) is 2. The fraction of sp³-hybridized carbons (Fsp3) is 0.524. The lowest BCUT2D eigenvalue weighted by Gasteiger charge is -2.42. The smallest absolute Gasteiger partial charge is 0.433 e. The van der Waals surface area contributed by atoms with Crippen molar-refractivity contribution in [2.24, 2.45) is 0 Å². The number of aromatic nitrogens is 3. The second-order valence-corrected chi connectivity index (χ2v) is 8.48. The maximum absolute atomic E-state index is 12.6. The highest BCUT2D eigenvalue weighted by atomic mass is 19.4. The molecule has 0 bridgehead atoms. The van der Waals surface area contributed by atoms with Gasteiger partial charge in [0.2, 0.25) is 5.95 Å². The van der Waals surface area contributed by atoms with Gasteiger partial charge >= 0.3 is 6.18 Å². The number of pyridine rings is 1. The predicted molar refractivity (Wildman–Crippen MR) is 114 cm³/mol. The molecular weight excluding hydrogens is 441 g/mol. The average molecular weight is 466 g/mol. The molecule has 1 aliphatic carbocycles. The normalized spacial score (nSPS) is 24.6. The molecule has 2 aromatic rings. The van der Waals surface area contributed by atoms with Crippen molar-refractivity contribution in [2.75, 3.05) is 36.3 Å². The number of alkyl halides is 3. The molecule has 2 N–H and O–H groups in total. The van der Waals surface area contributed by atoms with Crippen molar-refractivity contribution in [2.45, 2.75) is 50.6 Å². The summed E-state index contributed by atoms with van der Waals surface area (Å²) in [6.45, 7) is 3.77. The van der Waals surface area contributed by atoms with Crippen LogP contribution in [0.5, 0.6) is 5.75 Å². The van der Waals surface area contributed by atoms with Gasteiger partial charge < -0.3 is 25.0 Å². The SMILES string of the molecule is COCC1(C)C(=O)Nc2c(C)nc(NC3CC(Oc4ccc(C(F)(F)F)nc4)C3)nc2N1C. The summed E-state index contributed by atoms with van der Waals surface area (Å²) < 4.78 is 48.8. The van der Waals surface area contributed by atoms with Gasteiger partial charge in [0.1, 0.15) is 28.8 Å². The van der Waals surface area contributed by atoms with Crippen LogP contribution in [0.2, 0.25) is 0 Å². The van der Waals surface area contributed by atoms with E-state index in [9.17, 15) is 18.0 Å². The molecule has 1 fully saturated rings. The first-order chi connectivity index (χ1) is 15.5. The number of fused-ring (bicyclic) bond motifs is 1. The summed E-state index contributed by atoms with van der Waals surface area (Å²) in [5.41, 5.74) is -0.674. The number of likely N-dealkylation sites (N-methyl/N-ethyl adjacent to an activating group) is 1. The number of carbonyl (C=O) groups is 1. The maximum Gasteiger partial charge on any atom is 0.433 e. The van der Waals surface area contributed by atoms with E-state index in [0.717, 1.165) is 12.3 Å². The number of hydrogen-bond acceptors (Lipinski definition) is 8. The molecule has 12 heteroatoms. The van der Waals surface area contributed by atoms with Crippen molar-refractivity contribution in [1.29, 1.82) is 0 Å². The Labute approximate surface area is 188 Å². The topological polar surface area (TPSA) is 102 Å². The van der Waals surface area contributed by atoms with E-state index in [1.807, 2.05) is 0 Å². The molecule has 33 heavy (non-hydrogen) atoms. The number of methoxy groups -OCH3 is 1. The Bertz CT molecular complexity index is 1040. The number of anilines is 3. The molecule has 1 amide bonds. The number of nitrogens with one attached hydrogen (secondary N) is 2. The molecule has 0 saturated heterocycles. The zero-order valence-electron chi connectivity index (χ0n) is 18.7. The molecule has 9 nitrogen and oxygen atoms in total. The van der Waals surface area contributed by atoms with Gasteiger partial charge in [0, 0.05) is 33.0 Å². The molecule has 2 aromatic heterocycles. The molecule has 0 spiro atoms. The minimum absolute atomic E-state index is 0.0451. The van der Waals surface area contributed by atoms with E-state index in [1.165, 1.54) is 13.2 Å². The summed E-state index contributed by atoms with van der Waals surface area (Å²) >= 11 is 0. The molecule has 0 radical (unpaired) electrons. The van der Waals surface area contributed by atoms with Crippen LogP contribution in [-0.4, -0.2) is 59.3 Å². The van der Waals surface area contributed by atoms with Gasteiger partial charge in [-0.15, -0.1) is 0 Å². The van der Waals surface area contributed by atoms with E-state index in [1.54, 1.807) is 25.8 Å². The zero-order valence-corrected chi connectivity index (χ0v) is 18.7. The second kappa shape index (κ2) is 8.32. The van der Waals surface area contributed by atoms with E-state index in [0.29, 0.717) is 41.7 Å². The average Bonchev–Trinajstić information content (AvgIpc) is 2.72. The standard InChI is InChI=1S/C21H25F3N6O3/c1-11-16-17(30(3)20(2,10-32-4)18(31)28-16)29-19(26-11)27-12-7-14(8-12)33-13-5-6-15(25-9-13)21(22,23)24/h5-6,9,12,14H,7-8,10H2,1-4H3,(H,28,31)(H,26,27,29). The van der Waals surface area contributed by atoms with Crippen LogP contribution in [0.4, 0.5) is 30.6 Å². The first kappa shape index (κ1) is 23.0. The molecule has 178 valence electrons. The third kappa shape index (κ3) is 4.39. The molecule has 1 aliphatic heterocycles. The first-order valence-corrected chi connectivity index (χ1v) is 10.4. The van der Waals surface area contributed by atoms with Crippen molar-refractivity contribution in [3.8, 4) is 5.75 Å². The Morgan fingerprint density at radius 3 is 2.64 bits per heavy atom. The number of ether oxygens (including phenoxy) is 2. The van der Waals surface area contributed by atoms with Crippen molar-refractivity contribution >= 4 is 23.4 Å². The second-order valence-electron chi connectivity index (χ2n) is 8.48. The van der Waals surface area contributed by atoms with Crippen LogP contribution in [0.3, 0.4) is 0 Å². The summed E-state index contributed by atoms with van der Waals surface area (Å²) in [5, 5.41) is 6.15. The maximum atomic E-state index is 12.6. The predicted octanol–water partition coefficient (Wildman–Crippen LogP) is 3.01. The van der Waals surface area contributed by atoms with Gasteiger partial charge in [-0.1, -0.05) is 0 Å². The van der Waals surface area contributed by atoms with Gasteiger partial charge in [-0.3, -0.25) is 4.79 Å². The highest BCUT2D eigenvalue weighted by molar-refractivity contribution is 6.06. The minimum atomic E-state index is -4.48. The molecule has 2 aliphatic rings. The largest absolute Gasteiger partial charge is 0.489 e.